The van der Waals surface area contributed by atoms with Gasteiger partial charge in [-0.15, -0.1) is 0 Å². The van der Waals surface area contributed by atoms with E-state index in [0.717, 1.165) is 6.42 Å². The number of nitrogens with one attached hydrogen (secondary N) is 1. The summed E-state index contributed by atoms with van der Waals surface area (Å²) in [6.07, 6.45) is 0.778. The average Bonchev–Trinajstić information content (AvgIpc) is 2.71. The van der Waals surface area contributed by atoms with Crippen molar-refractivity contribution in [1.82, 2.24) is 4.90 Å². The summed E-state index contributed by atoms with van der Waals surface area (Å²) in [5.74, 6) is -0.241. The minimum Gasteiger partial charge on any atom is -0.379 e. The molecule has 2 aromatic rings. The van der Waals surface area contributed by atoms with Crippen LogP contribution in [0.5, 0.6) is 5.75 Å². The van der Waals surface area contributed by atoms with Gasteiger partial charge in [0, 0.05) is 36.7 Å². The summed E-state index contributed by atoms with van der Waals surface area (Å²) in [4.78, 5) is 25.6. The van der Waals surface area contributed by atoms with Crippen LogP contribution in [0.3, 0.4) is 0 Å². The van der Waals surface area contributed by atoms with Gasteiger partial charge in [0.1, 0.15) is 10.6 Å². The molecule has 0 aliphatic rings. The summed E-state index contributed by atoms with van der Waals surface area (Å²) in [7, 11) is -4.10. The van der Waals surface area contributed by atoms with Crippen LogP contribution in [0.1, 0.15) is 46.6 Å². The highest BCUT2D eigenvalue weighted by molar-refractivity contribution is 7.87. The Morgan fingerprint density at radius 2 is 1.65 bits per heavy atom. The number of hydrogen-bond donors (Lipinski definition) is 1. The minimum atomic E-state index is -4.10. The van der Waals surface area contributed by atoms with E-state index in [-0.39, 0.29) is 41.0 Å². The van der Waals surface area contributed by atoms with Gasteiger partial charge in [-0.25, -0.2) is 0 Å². The number of rotatable bonds is 9. The Bertz CT molecular complexity index is 1020. The van der Waals surface area contributed by atoms with Crippen LogP contribution in [0.25, 0.3) is 0 Å². The molecular weight excluding hydrogens is 416 g/mol. The molecule has 1 unspecified atom stereocenters. The van der Waals surface area contributed by atoms with E-state index in [1.165, 1.54) is 31.2 Å². The normalized spacial score (nSPS) is 12.3. The fourth-order valence-electron chi connectivity index (χ4n) is 2.98. The molecular formula is C23H30N2O5S. The van der Waals surface area contributed by atoms with E-state index >= 15 is 0 Å². The lowest BCUT2D eigenvalue weighted by atomic mass is 10.1. The summed E-state index contributed by atoms with van der Waals surface area (Å²) in [5.41, 5.74) is 1.10. The first-order valence-electron chi connectivity index (χ1n) is 10.3. The monoisotopic (exact) mass is 446 g/mol. The highest BCUT2D eigenvalue weighted by atomic mass is 32.2. The number of para-hydroxylation sites is 1. The number of benzene rings is 2. The molecule has 0 aliphatic heterocycles. The Kier molecular flexibility index (Phi) is 8.21. The molecule has 0 saturated heterocycles. The van der Waals surface area contributed by atoms with Gasteiger partial charge >= 0.3 is 10.1 Å². The predicted octanol–water partition coefficient (Wildman–Crippen LogP) is 4.20. The van der Waals surface area contributed by atoms with Crippen molar-refractivity contribution in [2.75, 3.05) is 5.32 Å². The van der Waals surface area contributed by atoms with Gasteiger partial charge in [-0.2, -0.15) is 8.42 Å². The molecule has 0 aliphatic carbocycles. The third-order valence-corrected chi connectivity index (χ3v) is 6.12. The Labute approximate surface area is 184 Å². The zero-order valence-electron chi connectivity index (χ0n) is 18.6. The quantitative estimate of drug-likeness (QED) is 0.583. The van der Waals surface area contributed by atoms with Crippen molar-refractivity contribution < 1.29 is 22.2 Å². The largest absolute Gasteiger partial charge is 0.379 e. The number of carbonyl (C=O) groups excluding carboxylic acids is 2. The number of amides is 2. The Hall–Kier alpha value is -2.87. The number of hydrogen-bond acceptors (Lipinski definition) is 5. The molecule has 1 N–H and O–H groups in total. The average molecular weight is 447 g/mol. The van der Waals surface area contributed by atoms with Gasteiger partial charge in [0.15, 0.2) is 0 Å². The van der Waals surface area contributed by atoms with Gasteiger partial charge in [0.25, 0.3) is 0 Å². The summed E-state index contributed by atoms with van der Waals surface area (Å²) < 4.78 is 31.1. The van der Waals surface area contributed by atoms with Crippen LogP contribution in [-0.2, 0) is 26.3 Å². The molecule has 2 rings (SSSR count). The van der Waals surface area contributed by atoms with E-state index in [9.17, 15) is 18.0 Å². The Balaban J connectivity index is 2.30. The first kappa shape index (κ1) is 24.4. The first-order valence-corrected chi connectivity index (χ1v) is 11.7. The van der Waals surface area contributed by atoms with E-state index in [0.29, 0.717) is 11.3 Å². The molecule has 8 heteroatoms. The second-order valence-electron chi connectivity index (χ2n) is 7.73. The standard InChI is InChI=1S/C23H30N2O5S/c1-6-17(4)25(23(27)16(2)3)15-19-9-7-8-10-22(19)30-31(28,29)21-13-11-20(12-14-21)24-18(5)26/h7-14,16-17H,6,15H2,1-5H3,(H,24,26). The molecule has 0 fully saturated rings. The zero-order valence-corrected chi connectivity index (χ0v) is 19.4. The molecule has 0 aromatic heterocycles. The first-order chi connectivity index (χ1) is 14.5. The predicted molar refractivity (Wildman–Crippen MR) is 120 cm³/mol. The van der Waals surface area contributed by atoms with Crippen molar-refractivity contribution in [1.29, 1.82) is 0 Å². The SMILES string of the molecule is CCC(C)N(Cc1ccccc1OS(=O)(=O)c1ccc(NC(C)=O)cc1)C(=O)C(C)C. The molecule has 7 nitrogen and oxygen atoms in total. The lowest BCUT2D eigenvalue weighted by molar-refractivity contribution is -0.137. The van der Waals surface area contributed by atoms with Crippen LogP contribution >= 0.6 is 0 Å². The van der Waals surface area contributed by atoms with Crippen molar-refractivity contribution in [3.63, 3.8) is 0 Å². The molecule has 0 bridgehead atoms. The molecule has 168 valence electrons. The second kappa shape index (κ2) is 10.4. The van der Waals surface area contributed by atoms with Crippen LogP contribution in [0, 0.1) is 5.92 Å². The summed E-state index contributed by atoms with van der Waals surface area (Å²) in [6.45, 7) is 9.28. The maximum absolute atomic E-state index is 12.8. The number of nitrogens with zero attached hydrogens (tertiary/aromatic N) is 1. The topological polar surface area (TPSA) is 92.8 Å². The van der Waals surface area contributed by atoms with Crippen LogP contribution in [0.4, 0.5) is 5.69 Å². The van der Waals surface area contributed by atoms with Gasteiger partial charge < -0.3 is 14.4 Å². The third kappa shape index (κ3) is 6.55. The van der Waals surface area contributed by atoms with E-state index in [1.54, 1.807) is 29.2 Å². The van der Waals surface area contributed by atoms with Crippen molar-refractivity contribution in [2.45, 2.75) is 58.5 Å². The Morgan fingerprint density at radius 3 is 2.19 bits per heavy atom. The molecule has 31 heavy (non-hydrogen) atoms. The van der Waals surface area contributed by atoms with Gasteiger partial charge in [0.2, 0.25) is 11.8 Å². The smallest absolute Gasteiger partial charge is 0.339 e. The van der Waals surface area contributed by atoms with E-state index < -0.39 is 10.1 Å². The van der Waals surface area contributed by atoms with E-state index in [1.807, 2.05) is 27.7 Å². The summed E-state index contributed by atoms with van der Waals surface area (Å²) in [6, 6.07) is 12.5. The zero-order chi connectivity index (χ0) is 23.2. The third-order valence-electron chi connectivity index (χ3n) is 4.88. The van der Waals surface area contributed by atoms with Crippen LogP contribution in [-0.4, -0.2) is 31.2 Å². The van der Waals surface area contributed by atoms with Crippen molar-refractivity contribution in [3.05, 3.63) is 54.1 Å². The lowest BCUT2D eigenvalue weighted by Gasteiger charge is -2.31. The molecule has 0 spiro atoms. The minimum absolute atomic E-state index is 0.000528. The molecule has 0 radical (unpaired) electrons. The second-order valence-corrected chi connectivity index (χ2v) is 9.28. The highest BCUT2D eigenvalue weighted by Gasteiger charge is 2.24. The fourth-order valence-corrected chi connectivity index (χ4v) is 3.94. The van der Waals surface area contributed by atoms with E-state index in [2.05, 4.69) is 5.32 Å². The summed E-state index contributed by atoms with van der Waals surface area (Å²) >= 11 is 0. The molecule has 0 saturated carbocycles. The molecule has 2 amide bonds. The van der Waals surface area contributed by atoms with Gasteiger partial charge in [-0.1, -0.05) is 39.0 Å². The molecule has 2 aromatic carbocycles. The van der Waals surface area contributed by atoms with Crippen molar-refractivity contribution >= 4 is 27.6 Å². The van der Waals surface area contributed by atoms with Gasteiger partial charge in [-0.3, -0.25) is 9.59 Å². The highest BCUT2D eigenvalue weighted by Crippen LogP contribution is 2.26. The fraction of sp³-hybridized carbons (Fsp3) is 0.391. The van der Waals surface area contributed by atoms with Crippen molar-refractivity contribution in [3.8, 4) is 5.75 Å². The number of carbonyl (C=O) groups is 2. The molecule has 0 heterocycles. The Morgan fingerprint density at radius 1 is 1.03 bits per heavy atom. The lowest BCUT2D eigenvalue weighted by Crippen LogP contribution is -2.40. The van der Waals surface area contributed by atoms with E-state index in [4.69, 9.17) is 4.18 Å². The van der Waals surface area contributed by atoms with Gasteiger partial charge in [0.05, 0.1) is 0 Å². The molecule has 1 atom stereocenters. The van der Waals surface area contributed by atoms with Gasteiger partial charge in [-0.05, 0) is 43.7 Å². The summed E-state index contributed by atoms with van der Waals surface area (Å²) in [5, 5.41) is 2.59. The van der Waals surface area contributed by atoms with Crippen molar-refractivity contribution in [2.24, 2.45) is 5.92 Å². The maximum atomic E-state index is 12.8. The van der Waals surface area contributed by atoms with Crippen LogP contribution < -0.4 is 9.50 Å². The number of anilines is 1. The maximum Gasteiger partial charge on any atom is 0.339 e. The van der Waals surface area contributed by atoms with Crippen LogP contribution in [0.15, 0.2) is 53.4 Å². The van der Waals surface area contributed by atoms with Crippen LogP contribution in [0.2, 0.25) is 0 Å².